The molecule has 0 spiro atoms. The first kappa shape index (κ1) is 14.8. The third-order valence-electron chi connectivity index (χ3n) is 4.05. The van der Waals surface area contributed by atoms with E-state index in [0.29, 0.717) is 25.2 Å². The van der Waals surface area contributed by atoms with E-state index < -0.39 is 0 Å². The summed E-state index contributed by atoms with van der Waals surface area (Å²) in [5.74, 6) is 2.44. The molecule has 1 atom stereocenters. The van der Waals surface area contributed by atoms with Crippen molar-refractivity contribution in [3.8, 4) is 5.69 Å². The van der Waals surface area contributed by atoms with Gasteiger partial charge in [-0.3, -0.25) is 9.78 Å². The second-order valence-corrected chi connectivity index (χ2v) is 5.75. The summed E-state index contributed by atoms with van der Waals surface area (Å²) in [6.07, 6.45) is 5.58. The van der Waals surface area contributed by atoms with Crippen LogP contribution in [0.2, 0.25) is 0 Å². The Bertz CT molecular complexity index is 861. The SMILES string of the molecule is O=c1cc(CCc2nc([C@@H]3CCOC3)nn2-c2cccnc2)o[nH]1. The Hall–Kier alpha value is -2.74. The molecule has 0 bridgehead atoms. The number of ether oxygens (including phenoxy) is 1. The van der Waals surface area contributed by atoms with Crippen LogP contribution >= 0.6 is 0 Å². The molecule has 1 aliphatic heterocycles. The summed E-state index contributed by atoms with van der Waals surface area (Å²) in [5.41, 5.74) is 0.628. The van der Waals surface area contributed by atoms with Crippen LogP contribution in [0.4, 0.5) is 0 Å². The van der Waals surface area contributed by atoms with Gasteiger partial charge < -0.3 is 9.26 Å². The number of nitrogens with zero attached hydrogens (tertiary/aromatic N) is 4. The molecule has 24 heavy (non-hydrogen) atoms. The molecule has 1 saturated heterocycles. The van der Waals surface area contributed by atoms with Crippen molar-refractivity contribution in [3.05, 3.63) is 58.4 Å². The molecule has 0 aromatic carbocycles. The standard InChI is InChI=1S/C16H17N5O3/c22-15-8-13(24-20-15)3-4-14-18-16(11-5-7-23-10-11)19-21(14)12-2-1-6-17-9-12/h1-2,6,8-9,11H,3-5,7,10H2,(H,20,22)/t11-/m1/s1. The van der Waals surface area contributed by atoms with Crippen LogP contribution in [0.3, 0.4) is 0 Å². The van der Waals surface area contributed by atoms with Crippen molar-refractivity contribution < 1.29 is 9.26 Å². The van der Waals surface area contributed by atoms with E-state index in [2.05, 4.69) is 15.2 Å². The van der Waals surface area contributed by atoms with Crippen molar-refractivity contribution in [2.75, 3.05) is 13.2 Å². The number of pyridine rings is 1. The summed E-state index contributed by atoms with van der Waals surface area (Å²) in [4.78, 5) is 20.0. The average Bonchev–Trinajstić information content (AvgIpc) is 3.34. The first-order chi connectivity index (χ1) is 11.8. The molecule has 0 unspecified atom stereocenters. The quantitative estimate of drug-likeness (QED) is 0.757. The first-order valence-electron chi connectivity index (χ1n) is 7.91. The molecule has 4 rings (SSSR count). The average molecular weight is 327 g/mol. The molecule has 8 heteroatoms. The van der Waals surface area contributed by atoms with E-state index >= 15 is 0 Å². The first-order valence-corrected chi connectivity index (χ1v) is 7.91. The molecule has 8 nitrogen and oxygen atoms in total. The molecule has 1 N–H and O–H groups in total. The number of hydrogen-bond acceptors (Lipinski definition) is 6. The summed E-state index contributed by atoms with van der Waals surface area (Å²) < 4.78 is 12.4. The predicted octanol–water partition coefficient (Wildman–Crippen LogP) is 1.23. The van der Waals surface area contributed by atoms with Crippen molar-refractivity contribution >= 4 is 0 Å². The number of nitrogens with one attached hydrogen (secondary N) is 1. The molecule has 0 amide bonds. The normalized spacial score (nSPS) is 17.4. The Morgan fingerprint density at radius 2 is 2.33 bits per heavy atom. The Morgan fingerprint density at radius 1 is 1.38 bits per heavy atom. The zero-order valence-electron chi connectivity index (χ0n) is 13.0. The fourth-order valence-corrected chi connectivity index (χ4v) is 2.80. The summed E-state index contributed by atoms with van der Waals surface area (Å²) in [7, 11) is 0. The minimum absolute atomic E-state index is 0.229. The van der Waals surface area contributed by atoms with Gasteiger partial charge in [-0.1, -0.05) is 0 Å². The van der Waals surface area contributed by atoms with Crippen LogP contribution in [-0.2, 0) is 17.6 Å². The van der Waals surface area contributed by atoms with Crippen molar-refractivity contribution in [2.24, 2.45) is 0 Å². The number of hydrogen-bond donors (Lipinski definition) is 1. The van der Waals surface area contributed by atoms with Crippen molar-refractivity contribution in [1.82, 2.24) is 24.9 Å². The monoisotopic (exact) mass is 327 g/mol. The highest BCUT2D eigenvalue weighted by molar-refractivity contribution is 5.28. The highest BCUT2D eigenvalue weighted by atomic mass is 16.5. The van der Waals surface area contributed by atoms with E-state index in [9.17, 15) is 4.79 Å². The molecule has 3 aromatic heterocycles. The number of aromatic nitrogens is 5. The lowest BCUT2D eigenvalue weighted by Crippen LogP contribution is -2.05. The van der Waals surface area contributed by atoms with Gasteiger partial charge in [0.05, 0.1) is 18.5 Å². The van der Waals surface area contributed by atoms with Gasteiger partial charge in [0.25, 0.3) is 5.56 Å². The van der Waals surface area contributed by atoms with Crippen molar-refractivity contribution in [1.29, 1.82) is 0 Å². The highest BCUT2D eigenvalue weighted by Gasteiger charge is 2.24. The summed E-state index contributed by atoms with van der Waals surface area (Å²) >= 11 is 0. The largest absolute Gasteiger partial charge is 0.384 e. The Kier molecular flexibility index (Phi) is 3.96. The van der Waals surface area contributed by atoms with Gasteiger partial charge in [0.2, 0.25) is 0 Å². The van der Waals surface area contributed by atoms with E-state index in [1.165, 1.54) is 6.07 Å². The van der Waals surface area contributed by atoms with Crippen LogP contribution < -0.4 is 5.56 Å². The molecule has 3 aromatic rings. The van der Waals surface area contributed by atoms with Gasteiger partial charge in [0, 0.05) is 37.6 Å². The minimum atomic E-state index is -0.234. The molecular weight excluding hydrogens is 310 g/mol. The van der Waals surface area contributed by atoms with Gasteiger partial charge in [-0.25, -0.2) is 9.67 Å². The molecule has 0 aliphatic carbocycles. The van der Waals surface area contributed by atoms with Crippen LogP contribution in [0.1, 0.15) is 29.7 Å². The number of aromatic amines is 1. The smallest absolute Gasteiger partial charge is 0.280 e. The molecule has 1 fully saturated rings. The highest BCUT2D eigenvalue weighted by Crippen LogP contribution is 2.24. The second kappa shape index (κ2) is 6.40. The second-order valence-electron chi connectivity index (χ2n) is 5.75. The van der Waals surface area contributed by atoms with E-state index in [-0.39, 0.29) is 11.5 Å². The Morgan fingerprint density at radius 3 is 3.04 bits per heavy atom. The van der Waals surface area contributed by atoms with Gasteiger partial charge in [0.1, 0.15) is 11.6 Å². The van der Waals surface area contributed by atoms with Crippen LogP contribution in [-0.4, -0.2) is 38.1 Å². The number of rotatable bonds is 5. The zero-order chi connectivity index (χ0) is 16.4. The fourth-order valence-electron chi connectivity index (χ4n) is 2.80. The number of H-pyrrole nitrogens is 1. The topological polar surface area (TPSA) is 98.8 Å². The summed E-state index contributed by atoms with van der Waals surface area (Å²) in [6, 6.07) is 5.26. The zero-order valence-corrected chi connectivity index (χ0v) is 13.0. The molecule has 4 heterocycles. The maximum absolute atomic E-state index is 11.2. The van der Waals surface area contributed by atoms with Crippen LogP contribution in [0.5, 0.6) is 0 Å². The molecule has 1 aliphatic rings. The molecular formula is C16H17N5O3. The van der Waals surface area contributed by atoms with Gasteiger partial charge >= 0.3 is 0 Å². The Labute approximate surface area is 137 Å². The van der Waals surface area contributed by atoms with Crippen LogP contribution in [0.15, 0.2) is 39.9 Å². The van der Waals surface area contributed by atoms with E-state index in [1.54, 1.807) is 12.4 Å². The van der Waals surface area contributed by atoms with Gasteiger partial charge in [-0.05, 0) is 18.6 Å². The van der Waals surface area contributed by atoms with Crippen molar-refractivity contribution in [2.45, 2.75) is 25.2 Å². The third-order valence-corrected chi connectivity index (χ3v) is 4.05. The molecule has 0 radical (unpaired) electrons. The predicted molar refractivity (Wildman–Crippen MR) is 84.1 cm³/mol. The molecule has 124 valence electrons. The minimum Gasteiger partial charge on any atom is -0.384 e. The van der Waals surface area contributed by atoms with E-state index in [0.717, 1.165) is 30.4 Å². The van der Waals surface area contributed by atoms with Gasteiger partial charge in [0.15, 0.2) is 5.82 Å². The van der Waals surface area contributed by atoms with Crippen LogP contribution in [0.25, 0.3) is 5.69 Å². The van der Waals surface area contributed by atoms with Gasteiger partial charge in [-0.15, -0.1) is 0 Å². The lowest BCUT2D eigenvalue weighted by molar-refractivity contribution is 0.193. The Balaban J connectivity index is 1.63. The maximum atomic E-state index is 11.2. The lowest BCUT2D eigenvalue weighted by Gasteiger charge is -2.04. The van der Waals surface area contributed by atoms with E-state index in [4.69, 9.17) is 14.2 Å². The molecule has 0 saturated carbocycles. The van der Waals surface area contributed by atoms with Crippen molar-refractivity contribution in [3.63, 3.8) is 0 Å². The van der Waals surface area contributed by atoms with E-state index in [1.807, 2.05) is 16.8 Å². The lowest BCUT2D eigenvalue weighted by atomic mass is 10.1. The fraction of sp³-hybridized carbons (Fsp3) is 0.375. The maximum Gasteiger partial charge on any atom is 0.280 e. The number of aryl methyl sites for hydroxylation is 2. The van der Waals surface area contributed by atoms with Crippen LogP contribution in [0, 0.1) is 0 Å². The van der Waals surface area contributed by atoms with Gasteiger partial charge in [-0.2, -0.15) is 10.3 Å². The third kappa shape index (κ3) is 3.00. The summed E-state index contributed by atoms with van der Waals surface area (Å²) in [6.45, 7) is 1.40. The summed E-state index contributed by atoms with van der Waals surface area (Å²) in [5, 5.41) is 6.97.